The van der Waals surface area contributed by atoms with Crippen LogP contribution in [0, 0.1) is 6.92 Å². The Morgan fingerprint density at radius 1 is 1.40 bits per heavy atom. The molecule has 0 saturated heterocycles. The second-order valence-electron chi connectivity index (χ2n) is 2.69. The highest BCUT2D eigenvalue weighted by molar-refractivity contribution is 7.11. The summed E-state index contributed by atoms with van der Waals surface area (Å²) >= 11 is 1.42. The molecule has 56 valence electrons. The quantitative estimate of drug-likeness (QED) is 0.665. The summed E-state index contributed by atoms with van der Waals surface area (Å²) in [5.74, 6) is 0. The average molecular weight is 158 g/mol. The molecular formula is C6H10N2OS. The molecule has 1 heterocycles. The van der Waals surface area contributed by atoms with E-state index in [1.165, 1.54) is 11.3 Å². The van der Waals surface area contributed by atoms with Crippen LogP contribution in [-0.2, 0) is 5.60 Å². The zero-order valence-corrected chi connectivity index (χ0v) is 7.07. The van der Waals surface area contributed by atoms with Gasteiger partial charge in [0.1, 0.15) is 15.6 Å². The summed E-state index contributed by atoms with van der Waals surface area (Å²) in [6.45, 7) is 5.27. The van der Waals surface area contributed by atoms with Gasteiger partial charge in [-0.15, -0.1) is 10.2 Å². The molecule has 0 aliphatic heterocycles. The molecule has 0 bridgehead atoms. The molecule has 0 atom stereocenters. The molecule has 1 aromatic rings. The van der Waals surface area contributed by atoms with Crippen LogP contribution in [-0.4, -0.2) is 15.3 Å². The Kier molecular flexibility index (Phi) is 1.74. The Morgan fingerprint density at radius 3 is 2.20 bits per heavy atom. The lowest BCUT2D eigenvalue weighted by Gasteiger charge is -2.10. The Bertz CT molecular complexity index is 226. The van der Waals surface area contributed by atoms with E-state index in [0.717, 1.165) is 5.01 Å². The minimum atomic E-state index is -0.841. The van der Waals surface area contributed by atoms with Gasteiger partial charge in [0.05, 0.1) is 0 Å². The standard InChI is InChI=1S/C6H10N2OS/c1-4-7-8-5(10-4)6(2,3)9/h9H,1-3H3. The predicted molar refractivity (Wildman–Crippen MR) is 39.9 cm³/mol. The third-order valence-electron chi connectivity index (χ3n) is 1.05. The number of nitrogens with zero attached hydrogens (tertiary/aromatic N) is 2. The van der Waals surface area contributed by atoms with Crippen LogP contribution in [0.5, 0.6) is 0 Å². The van der Waals surface area contributed by atoms with E-state index >= 15 is 0 Å². The second kappa shape index (κ2) is 2.29. The van der Waals surface area contributed by atoms with Crippen molar-refractivity contribution in [3.8, 4) is 0 Å². The van der Waals surface area contributed by atoms with Gasteiger partial charge in [-0.1, -0.05) is 11.3 Å². The van der Waals surface area contributed by atoms with Gasteiger partial charge in [-0.05, 0) is 20.8 Å². The van der Waals surface area contributed by atoms with E-state index in [9.17, 15) is 5.11 Å². The van der Waals surface area contributed by atoms with Crippen LogP contribution in [0.4, 0.5) is 0 Å². The molecule has 0 spiro atoms. The molecule has 0 unspecified atom stereocenters. The number of aliphatic hydroxyl groups is 1. The first kappa shape index (κ1) is 7.63. The van der Waals surface area contributed by atoms with Crippen molar-refractivity contribution in [3.05, 3.63) is 10.0 Å². The van der Waals surface area contributed by atoms with Gasteiger partial charge in [0.25, 0.3) is 0 Å². The highest BCUT2D eigenvalue weighted by Crippen LogP contribution is 2.22. The van der Waals surface area contributed by atoms with Gasteiger partial charge in [-0.3, -0.25) is 0 Å². The Morgan fingerprint density at radius 2 is 2.00 bits per heavy atom. The third kappa shape index (κ3) is 1.52. The highest BCUT2D eigenvalue weighted by Gasteiger charge is 2.20. The number of hydrogen-bond donors (Lipinski definition) is 1. The first-order valence-electron chi connectivity index (χ1n) is 3.03. The fourth-order valence-corrected chi connectivity index (χ4v) is 1.24. The van der Waals surface area contributed by atoms with E-state index in [1.807, 2.05) is 6.92 Å². The molecule has 4 heteroatoms. The Labute approximate surface area is 63.7 Å². The monoisotopic (exact) mass is 158 g/mol. The number of hydrogen-bond acceptors (Lipinski definition) is 4. The molecule has 0 aromatic carbocycles. The lowest BCUT2D eigenvalue weighted by atomic mass is 10.2. The molecule has 0 fully saturated rings. The highest BCUT2D eigenvalue weighted by atomic mass is 32.1. The maximum atomic E-state index is 9.41. The third-order valence-corrected chi connectivity index (χ3v) is 2.20. The van der Waals surface area contributed by atoms with Crippen LogP contribution in [0.1, 0.15) is 23.9 Å². The fraction of sp³-hybridized carbons (Fsp3) is 0.667. The van der Waals surface area contributed by atoms with E-state index < -0.39 is 5.60 Å². The summed E-state index contributed by atoms with van der Waals surface area (Å²) in [5, 5.41) is 18.6. The van der Waals surface area contributed by atoms with Gasteiger partial charge in [0.2, 0.25) is 0 Å². The van der Waals surface area contributed by atoms with E-state index in [0.29, 0.717) is 5.01 Å². The molecule has 1 aromatic heterocycles. The lowest BCUT2D eigenvalue weighted by molar-refractivity contribution is 0.0775. The zero-order chi connectivity index (χ0) is 7.78. The molecule has 0 aliphatic carbocycles. The summed E-state index contributed by atoms with van der Waals surface area (Å²) < 4.78 is 0. The van der Waals surface area contributed by atoms with Gasteiger partial charge >= 0.3 is 0 Å². The van der Waals surface area contributed by atoms with Crippen LogP contribution in [0.15, 0.2) is 0 Å². The summed E-state index contributed by atoms with van der Waals surface area (Å²) in [7, 11) is 0. The van der Waals surface area contributed by atoms with E-state index in [2.05, 4.69) is 10.2 Å². The molecule has 10 heavy (non-hydrogen) atoms. The summed E-state index contributed by atoms with van der Waals surface area (Å²) in [6, 6.07) is 0. The van der Waals surface area contributed by atoms with Crippen LogP contribution in [0.2, 0.25) is 0 Å². The normalized spacial score (nSPS) is 12.0. The average Bonchev–Trinajstić information content (AvgIpc) is 2.11. The molecule has 0 aliphatic rings. The maximum absolute atomic E-state index is 9.41. The number of aromatic nitrogens is 2. The molecule has 0 saturated carbocycles. The molecule has 1 rings (SSSR count). The fourth-order valence-electron chi connectivity index (χ4n) is 0.544. The number of rotatable bonds is 1. The first-order chi connectivity index (χ1) is 4.50. The van der Waals surface area contributed by atoms with E-state index in [1.54, 1.807) is 13.8 Å². The largest absolute Gasteiger partial charge is 0.383 e. The minimum Gasteiger partial charge on any atom is -0.383 e. The SMILES string of the molecule is Cc1nnc(C(C)(C)O)s1. The van der Waals surface area contributed by atoms with Gasteiger partial charge in [0.15, 0.2) is 0 Å². The lowest BCUT2D eigenvalue weighted by Crippen LogP contribution is -2.14. The topological polar surface area (TPSA) is 46.0 Å². The van der Waals surface area contributed by atoms with Crippen molar-refractivity contribution >= 4 is 11.3 Å². The Hall–Kier alpha value is -0.480. The Balaban J connectivity index is 2.96. The van der Waals surface area contributed by atoms with Crippen LogP contribution >= 0.6 is 11.3 Å². The van der Waals surface area contributed by atoms with Crippen LogP contribution < -0.4 is 0 Å². The molecule has 0 amide bonds. The van der Waals surface area contributed by atoms with Crippen molar-refractivity contribution in [2.45, 2.75) is 26.4 Å². The van der Waals surface area contributed by atoms with Crippen molar-refractivity contribution < 1.29 is 5.11 Å². The molecule has 0 radical (unpaired) electrons. The zero-order valence-electron chi connectivity index (χ0n) is 6.25. The smallest absolute Gasteiger partial charge is 0.148 e. The van der Waals surface area contributed by atoms with E-state index in [4.69, 9.17) is 0 Å². The summed E-state index contributed by atoms with van der Waals surface area (Å²) in [4.78, 5) is 0. The van der Waals surface area contributed by atoms with Crippen molar-refractivity contribution in [1.29, 1.82) is 0 Å². The van der Waals surface area contributed by atoms with Crippen LogP contribution in [0.3, 0.4) is 0 Å². The maximum Gasteiger partial charge on any atom is 0.148 e. The van der Waals surface area contributed by atoms with Gasteiger partial charge < -0.3 is 5.11 Å². The first-order valence-corrected chi connectivity index (χ1v) is 3.85. The molecule has 3 nitrogen and oxygen atoms in total. The van der Waals surface area contributed by atoms with Crippen molar-refractivity contribution in [2.75, 3.05) is 0 Å². The summed E-state index contributed by atoms with van der Waals surface area (Å²) in [5.41, 5.74) is -0.841. The van der Waals surface area contributed by atoms with Crippen LogP contribution in [0.25, 0.3) is 0 Å². The predicted octanol–water partition coefficient (Wildman–Crippen LogP) is 1.07. The van der Waals surface area contributed by atoms with Gasteiger partial charge in [-0.25, -0.2) is 0 Å². The van der Waals surface area contributed by atoms with Crippen molar-refractivity contribution in [1.82, 2.24) is 10.2 Å². The van der Waals surface area contributed by atoms with Gasteiger partial charge in [-0.2, -0.15) is 0 Å². The minimum absolute atomic E-state index is 0.671. The second-order valence-corrected chi connectivity index (χ2v) is 3.87. The van der Waals surface area contributed by atoms with Crippen molar-refractivity contribution in [2.24, 2.45) is 0 Å². The van der Waals surface area contributed by atoms with Crippen molar-refractivity contribution in [3.63, 3.8) is 0 Å². The van der Waals surface area contributed by atoms with Gasteiger partial charge in [0, 0.05) is 0 Å². The number of aryl methyl sites for hydroxylation is 1. The molecular weight excluding hydrogens is 148 g/mol. The molecule has 1 N–H and O–H groups in total. The van der Waals surface area contributed by atoms with E-state index in [-0.39, 0.29) is 0 Å². The summed E-state index contributed by atoms with van der Waals surface area (Å²) in [6.07, 6.45) is 0.